The second-order valence-electron chi connectivity index (χ2n) is 7.83. The van der Waals surface area contributed by atoms with E-state index >= 15 is 0 Å². The maximum Gasteiger partial charge on any atom is 0.194 e. The highest BCUT2D eigenvalue weighted by atomic mass is 16.2. The van der Waals surface area contributed by atoms with Crippen molar-refractivity contribution >= 4 is 34.7 Å². The van der Waals surface area contributed by atoms with Gasteiger partial charge in [-0.3, -0.25) is 28.8 Å². The van der Waals surface area contributed by atoms with Gasteiger partial charge in [-0.1, -0.05) is 142 Å². The number of hydrogen-bond acceptors (Lipinski definition) is 6. The summed E-state index contributed by atoms with van der Waals surface area (Å²) >= 11 is 0. The summed E-state index contributed by atoms with van der Waals surface area (Å²) in [4.78, 5) is 67.2. The van der Waals surface area contributed by atoms with Gasteiger partial charge in [-0.25, -0.2) is 0 Å². The first kappa shape index (κ1) is 43.0. The highest BCUT2D eigenvalue weighted by Gasteiger charge is 2.28. The molecule has 3 aliphatic rings. The molecule has 6 nitrogen and oxygen atoms in total. The fraction of sp³-hybridized carbons (Fsp3) is 0.250. The van der Waals surface area contributed by atoms with Crippen LogP contribution in [0.4, 0.5) is 0 Å². The highest BCUT2D eigenvalue weighted by Crippen LogP contribution is 2.26. The molecular weight excluding hydrogens is 576 g/mol. The Labute approximate surface area is 274 Å². The fourth-order valence-electron chi connectivity index (χ4n) is 3.73. The van der Waals surface area contributed by atoms with E-state index in [-0.39, 0.29) is 34.7 Å². The van der Waals surface area contributed by atoms with Crippen molar-refractivity contribution in [1.29, 1.82) is 0 Å². The number of rotatable bonds is 0. The van der Waals surface area contributed by atoms with Crippen LogP contribution in [0.5, 0.6) is 0 Å². The summed E-state index contributed by atoms with van der Waals surface area (Å²) in [7, 11) is 0. The summed E-state index contributed by atoms with van der Waals surface area (Å²) in [5.41, 5.74) is 3.03. The first-order valence-electron chi connectivity index (χ1n) is 15.9. The lowest BCUT2D eigenvalue weighted by Gasteiger charge is -2.16. The smallest absolute Gasteiger partial charge is 0.194 e. The minimum atomic E-state index is -0.121. The molecule has 0 unspecified atom stereocenters. The molecule has 6 rings (SSSR count). The molecule has 0 aromatic heterocycles. The first-order chi connectivity index (χ1) is 22.4. The second-order valence-corrected chi connectivity index (χ2v) is 7.83. The van der Waals surface area contributed by atoms with Gasteiger partial charge < -0.3 is 0 Å². The monoisotopic (exact) mass is 624 g/mol. The summed E-state index contributed by atoms with van der Waals surface area (Å²) in [5.74, 6) is -0.554. The van der Waals surface area contributed by atoms with Crippen molar-refractivity contribution in [2.45, 2.75) is 69.2 Å². The van der Waals surface area contributed by atoms with Crippen LogP contribution in [0.25, 0.3) is 0 Å². The summed E-state index contributed by atoms with van der Waals surface area (Å²) in [5, 5.41) is 0. The van der Waals surface area contributed by atoms with Crippen molar-refractivity contribution in [2.75, 3.05) is 0 Å². The Kier molecular flexibility index (Phi) is 23.6. The number of ketones is 6. The molecule has 244 valence electrons. The molecule has 46 heavy (non-hydrogen) atoms. The zero-order valence-electron chi connectivity index (χ0n) is 28.8. The van der Waals surface area contributed by atoms with Crippen LogP contribution in [0, 0.1) is 0 Å². The van der Waals surface area contributed by atoms with Crippen LogP contribution < -0.4 is 0 Å². The number of allylic oxidation sites excluding steroid dienone is 6. The average Bonchev–Trinajstić information content (AvgIpc) is 3.15. The molecule has 0 radical (unpaired) electrons. The average molecular weight is 625 g/mol. The number of benzene rings is 3. The third kappa shape index (κ3) is 12.5. The lowest BCUT2D eigenvalue weighted by Crippen LogP contribution is -2.20. The van der Waals surface area contributed by atoms with E-state index in [0.29, 0.717) is 33.4 Å². The van der Waals surface area contributed by atoms with Gasteiger partial charge in [-0.15, -0.1) is 0 Å². The molecule has 0 saturated heterocycles. The zero-order chi connectivity index (χ0) is 35.7. The predicted octanol–water partition coefficient (Wildman–Crippen LogP) is 9.47. The van der Waals surface area contributed by atoms with Crippen molar-refractivity contribution in [1.82, 2.24) is 0 Å². The Bertz CT molecular complexity index is 1360. The number of carbonyl (C=O) groups excluding carboxylic acids is 6. The molecule has 3 aliphatic carbocycles. The Morgan fingerprint density at radius 1 is 0.283 bits per heavy atom. The Hall–Kier alpha value is -5.10. The molecule has 0 bridgehead atoms. The summed E-state index contributed by atoms with van der Waals surface area (Å²) in [6.07, 6.45) is 7.63. The van der Waals surface area contributed by atoms with Crippen LogP contribution in [0.2, 0.25) is 0 Å². The Morgan fingerprint density at radius 2 is 0.478 bits per heavy atom. The van der Waals surface area contributed by atoms with Crippen LogP contribution in [-0.2, 0) is 9.59 Å². The van der Waals surface area contributed by atoms with E-state index in [1.165, 1.54) is 36.5 Å². The maximum atomic E-state index is 12.1. The molecular formula is C40H48O6. The number of fused-ring (bicyclic) bond motifs is 3. The van der Waals surface area contributed by atoms with Gasteiger partial charge in [0, 0.05) is 33.4 Å². The molecule has 0 N–H and O–H groups in total. The van der Waals surface area contributed by atoms with Crippen LogP contribution in [0.1, 0.15) is 122 Å². The van der Waals surface area contributed by atoms with Crippen molar-refractivity contribution in [3.63, 3.8) is 0 Å². The molecule has 0 fully saturated rings. The summed E-state index contributed by atoms with van der Waals surface area (Å²) in [6.45, 7) is 20.0. The van der Waals surface area contributed by atoms with Crippen LogP contribution in [0.15, 0.2) is 109 Å². The van der Waals surface area contributed by atoms with Crippen molar-refractivity contribution in [3.8, 4) is 0 Å². The predicted molar refractivity (Wildman–Crippen MR) is 189 cm³/mol. The fourth-order valence-corrected chi connectivity index (χ4v) is 3.73. The van der Waals surface area contributed by atoms with E-state index in [1.54, 1.807) is 72.8 Å². The lowest BCUT2D eigenvalue weighted by atomic mass is 9.84. The normalized spacial score (nSPS) is 12.1. The molecule has 0 atom stereocenters. The molecule has 0 heterocycles. The van der Waals surface area contributed by atoms with Crippen molar-refractivity contribution in [2.24, 2.45) is 0 Å². The topological polar surface area (TPSA) is 102 Å². The van der Waals surface area contributed by atoms with Crippen molar-refractivity contribution in [3.05, 3.63) is 143 Å². The van der Waals surface area contributed by atoms with E-state index < -0.39 is 0 Å². The van der Waals surface area contributed by atoms with Gasteiger partial charge in [-0.2, -0.15) is 0 Å². The van der Waals surface area contributed by atoms with Crippen LogP contribution in [-0.4, -0.2) is 34.7 Å². The molecule has 0 saturated carbocycles. The number of hydrogen-bond donors (Lipinski definition) is 0. The molecule has 0 aliphatic heterocycles. The van der Waals surface area contributed by atoms with Crippen LogP contribution >= 0.6 is 0 Å². The quantitative estimate of drug-likeness (QED) is 0.181. The third-order valence-corrected chi connectivity index (χ3v) is 5.50. The summed E-state index contributed by atoms with van der Waals surface area (Å²) < 4.78 is 0. The number of carbonyl (C=O) groups is 6. The van der Waals surface area contributed by atoms with E-state index in [0.717, 1.165) is 0 Å². The summed E-state index contributed by atoms with van der Waals surface area (Å²) in [6, 6.07) is 20.7. The maximum absolute atomic E-state index is 12.1. The molecule has 0 spiro atoms. The van der Waals surface area contributed by atoms with E-state index in [9.17, 15) is 28.8 Å². The van der Waals surface area contributed by atoms with Gasteiger partial charge in [0.2, 0.25) is 0 Å². The Balaban J connectivity index is 0. The van der Waals surface area contributed by atoms with Gasteiger partial charge in [0.25, 0.3) is 0 Å². The molecule has 6 heteroatoms. The molecule has 3 aromatic rings. The standard InChI is InChI=1S/C14H8O2.C10H6O2.C6H4O2.5C2H6/c15-13-9-5-1-2-6-10(9)14(16)12-8-4-3-7-11(12)13;11-9-5-6-10(12)8-4-2-1-3-7(8)9;7-5-1-2-6(8)4-3-5;5*1-2/h1-8H;1-6H;1-4H;5*1-2H3. The highest BCUT2D eigenvalue weighted by molar-refractivity contribution is 6.28. The van der Waals surface area contributed by atoms with Crippen LogP contribution in [0.3, 0.4) is 0 Å². The largest absolute Gasteiger partial charge is 0.290 e. The van der Waals surface area contributed by atoms with Gasteiger partial charge in [0.1, 0.15) is 0 Å². The van der Waals surface area contributed by atoms with E-state index in [2.05, 4.69) is 0 Å². The second kappa shape index (κ2) is 25.2. The van der Waals surface area contributed by atoms with Gasteiger partial charge in [0.15, 0.2) is 34.7 Å². The van der Waals surface area contributed by atoms with Crippen molar-refractivity contribution < 1.29 is 28.8 Å². The van der Waals surface area contributed by atoms with Gasteiger partial charge in [0.05, 0.1) is 0 Å². The SMILES string of the molecule is CC.CC.CC.CC.CC.O=C1C=CC(=O)C=C1.O=C1C=CC(=O)c2ccccc21.O=C1c2ccccc2C(=O)c2ccccc21. The lowest BCUT2D eigenvalue weighted by molar-refractivity contribution is -0.113. The Morgan fingerprint density at radius 3 is 0.696 bits per heavy atom. The third-order valence-electron chi connectivity index (χ3n) is 5.50. The minimum Gasteiger partial charge on any atom is -0.290 e. The van der Waals surface area contributed by atoms with Gasteiger partial charge >= 0.3 is 0 Å². The van der Waals surface area contributed by atoms with E-state index in [4.69, 9.17) is 0 Å². The zero-order valence-corrected chi connectivity index (χ0v) is 28.8. The van der Waals surface area contributed by atoms with Gasteiger partial charge in [-0.05, 0) is 36.5 Å². The molecule has 3 aromatic carbocycles. The van der Waals surface area contributed by atoms with E-state index in [1.807, 2.05) is 69.2 Å². The minimum absolute atomic E-state index is 0.0641. The molecule has 0 amide bonds. The first-order valence-corrected chi connectivity index (χ1v) is 15.9.